The number of likely N-dealkylation sites (tertiary alicyclic amines) is 1. The maximum Gasteiger partial charge on any atom is 0.341 e. The van der Waals surface area contributed by atoms with E-state index in [-0.39, 0.29) is 5.97 Å². The molecular formula is C24H27ClN2O2. The minimum atomic E-state index is -0.418. The molecule has 1 aliphatic rings. The van der Waals surface area contributed by atoms with Gasteiger partial charge < -0.3 is 14.6 Å². The highest BCUT2D eigenvalue weighted by Gasteiger charge is 2.22. The van der Waals surface area contributed by atoms with Crippen LogP contribution in [0, 0.1) is 6.92 Å². The lowest BCUT2D eigenvalue weighted by atomic mass is 10.1. The SMILES string of the molecule is Cc1[nH]c2ccc(CCN3CCCC3)cc2c1C(=O)OC(C)c1ccccc1Cl. The van der Waals surface area contributed by atoms with Crippen molar-refractivity contribution in [3.05, 3.63) is 69.9 Å². The number of hydrogen-bond donors (Lipinski definition) is 1. The van der Waals surface area contributed by atoms with Crippen molar-refractivity contribution < 1.29 is 9.53 Å². The topological polar surface area (TPSA) is 45.3 Å². The summed E-state index contributed by atoms with van der Waals surface area (Å²) in [5.41, 5.74) is 4.46. The summed E-state index contributed by atoms with van der Waals surface area (Å²) in [6.45, 7) is 7.23. The van der Waals surface area contributed by atoms with Gasteiger partial charge in [0.25, 0.3) is 0 Å². The largest absolute Gasteiger partial charge is 0.454 e. The maximum absolute atomic E-state index is 13.0. The second kappa shape index (κ2) is 8.60. The van der Waals surface area contributed by atoms with Gasteiger partial charge in [-0.05, 0) is 70.0 Å². The number of aromatic amines is 1. The third-order valence-corrected chi connectivity index (χ3v) is 6.14. The fraction of sp³-hybridized carbons (Fsp3) is 0.375. The van der Waals surface area contributed by atoms with Crippen molar-refractivity contribution in [3.8, 4) is 0 Å². The minimum absolute atomic E-state index is 0.321. The van der Waals surface area contributed by atoms with E-state index in [0.717, 1.165) is 35.1 Å². The molecular weight excluding hydrogens is 384 g/mol. The van der Waals surface area contributed by atoms with Crippen LogP contribution in [0.25, 0.3) is 10.9 Å². The van der Waals surface area contributed by atoms with Crippen LogP contribution < -0.4 is 0 Å². The van der Waals surface area contributed by atoms with Crippen molar-refractivity contribution in [3.63, 3.8) is 0 Å². The van der Waals surface area contributed by atoms with E-state index in [4.69, 9.17) is 16.3 Å². The van der Waals surface area contributed by atoms with Crippen LogP contribution in [0.5, 0.6) is 0 Å². The number of halogens is 1. The van der Waals surface area contributed by atoms with Crippen molar-refractivity contribution in [2.24, 2.45) is 0 Å². The molecule has 29 heavy (non-hydrogen) atoms. The molecule has 0 bridgehead atoms. The molecule has 1 saturated heterocycles. The van der Waals surface area contributed by atoms with Crippen LogP contribution in [0.15, 0.2) is 42.5 Å². The van der Waals surface area contributed by atoms with Gasteiger partial charge in [-0.2, -0.15) is 0 Å². The molecule has 1 N–H and O–H groups in total. The highest BCUT2D eigenvalue weighted by atomic mass is 35.5. The van der Waals surface area contributed by atoms with Gasteiger partial charge in [0.15, 0.2) is 0 Å². The first-order chi connectivity index (χ1) is 14.0. The number of nitrogens with one attached hydrogen (secondary N) is 1. The molecule has 0 radical (unpaired) electrons. The Morgan fingerprint density at radius 1 is 1.21 bits per heavy atom. The van der Waals surface area contributed by atoms with Gasteiger partial charge in [0.05, 0.1) is 5.56 Å². The third-order valence-electron chi connectivity index (χ3n) is 5.80. The Hall–Kier alpha value is -2.30. The fourth-order valence-corrected chi connectivity index (χ4v) is 4.46. The van der Waals surface area contributed by atoms with Crippen LogP contribution in [-0.2, 0) is 11.2 Å². The summed E-state index contributed by atoms with van der Waals surface area (Å²) in [7, 11) is 0. The number of H-pyrrole nitrogens is 1. The van der Waals surface area contributed by atoms with E-state index in [9.17, 15) is 4.79 Å². The number of carbonyl (C=O) groups is 1. The average Bonchev–Trinajstić information content (AvgIpc) is 3.33. The predicted octanol–water partition coefficient (Wildman–Crippen LogP) is 5.69. The number of fused-ring (bicyclic) bond motifs is 1. The monoisotopic (exact) mass is 410 g/mol. The Kier molecular flexibility index (Phi) is 5.93. The van der Waals surface area contributed by atoms with Gasteiger partial charge in [0.1, 0.15) is 6.10 Å². The highest BCUT2D eigenvalue weighted by molar-refractivity contribution is 6.31. The number of carbonyl (C=O) groups excluding carboxylic acids is 1. The van der Waals surface area contributed by atoms with Crippen LogP contribution in [0.1, 0.15) is 53.0 Å². The molecule has 0 aliphatic carbocycles. The standard InChI is InChI=1S/C24H27ClN2O2/c1-16-23(24(28)29-17(2)19-7-3-4-8-21(19)25)20-15-18(9-10-22(20)26-16)11-14-27-12-5-6-13-27/h3-4,7-10,15,17,26H,5-6,11-14H2,1-2H3. The smallest absolute Gasteiger partial charge is 0.341 e. The number of hydrogen-bond acceptors (Lipinski definition) is 3. The maximum atomic E-state index is 13.0. The number of ether oxygens (including phenoxy) is 1. The Morgan fingerprint density at radius 3 is 2.72 bits per heavy atom. The Morgan fingerprint density at radius 2 is 1.97 bits per heavy atom. The van der Waals surface area contributed by atoms with E-state index in [1.165, 1.54) is 31.5 Å². The summed E-state index contributed by atoms with van der Waals surface area (Å²) in [4.78, 5) is 18.8. The molecule has 152 valence electrons. The molecule has 1 unspecified atom stereocenters. The quantitative estimate of drug-likeness (QED) is 0.531. The molecule has 1 aliphatic heterocycles. The fourth-order valence-electron chi connectivity index (χ4n) is 4.17. The Labute approximate surface area is 176 Å². The van der Waals surface area contributed by atoms with Crippen LogP contribution >= 0.6 is 11.6 Å². The first-order valence-corrected chi connectivity index (χ1v) is 10.7. The van der Waals surface area contributed by atoms with Gasteiger partial charge in [0, 0.05) is 33.7 Å². The van der Waals surface area contributed by atoms with Crippen molar-refractivity contribution in [2.75, 3.05) is 19.6 Å². The minimum Gasteiger partial charge on any atom is -0.454 e. The van der Waals surface area contributed by atoms with Crippen LogP contribution in [0.3, 0.4) is 0 Å². The van der Waals surface area contributed by atoms with Gasteiger partial charge in [-0.15, -0.1) is 0 Å². The zero-order valence-corrected chi connectivity index (χ0v) is 17.8. The summed E-state index contributed by atoms with van der Waals surface area (Å²) >= 11 is 6.26. The molecule has 2 heterocycles. The molecule has 0 saturated carbocycles. The number of rotatable bonds is 6. The molecule has 3 aromatic rings. The lowest BCUT2D eigenvalue weighted by Gasteiger charge is -2.15. The number of nitrogens with zero attached hydrogens (tertiary/aromatic N) is 1. The van der Waals surface area contributed by atoms with E-state index >= 15 is 0 Å². The third kappa shape index (κ3) is 4.34. The molecule has 1 fully saturated rings. The number of aromatic nitrogens is 1. The summed E-state index contributed by atoms with van der Waals surface area (Å²) in [6, 6.07) is 13.8. The van der Waals surface area contributed by atoms with Crippen LogP contribution in [-0.4, -0.2) is 35.5 Å². The first-order valence-electron chi connectivity index (χ1n) is 10.3. The Balaban J connectivity index is 1.55. The van der Waals surface area contributed by atoms with Crippen LogP contribution in [0.4, 0.5) is 0 Å². The van der Waals surface area contributed by atoms with E-state index in [0.29, 0.717) is 10.6 Å². The second-order valence-corrected chi connectivity index (χ2v) is 8.28. The molecule has 4 rings (SSSR count). The van der Waals surface area contributed by atoms with Gasteiger partial charge in [-0.1, -0.05) is 35.9 Å². The number of aryl methyl sites for hydroxylation is 1. The summed E-state index contributed by atoms with van der Waals surface area (Å²) in [5.74, 6) is -0.321. The van der Waals surface area contributed by atoms with Gasteiger partial charge in [-0.25, -0.2) is 4.79 Å². The second-order valence-electron chi connectivity index (χ2n) is 7.87. The molecule has 1 aromatic heterocycles. The summed E-state index contributed by atoms with van der Waals surface area (Å²) < 4.78 is 5.78. The zero-order chi connectivity index (χ0) is 20.4. The average molecular weight is 411 g/mol. The van der Waals surface area contributed by atoms with Crippen molar-refractivity contribution in [2.45, 2.75) is 39.2 Å². The first kappa shape index (κ1) is 20.0. The van der Waals surface area contributed by atoms with Crippen molar-refractivity contribution in [1.29, 1.82) is 0 Å². The molecule has 5 heteroatoms. The molecule has 4 nitrogen and oxygen atoms in total. The molecule has 1 atom stereocenters. The predicted molar refractivity (Wildman–Crippen MR) is 118 cm³/mol. The molecule has 0 spiro atoms. The molecule has 2 aromatic carbocycles. The number of benzene rings is 2. The van der Waals surface area contributed by atoms with E-state index in [1.807, 2.05) is 38.1 Å². The van der Waals surface area contributed by atoms with E-state index in [2.05, 4.69) is 28.1 Å². The van der Waals surface area contributed by atoms with E-state index in [1.54, 1.807) is 0 Å². The van der Waals surface area contributed by atoms with Crippen molar-refractivity contribution >= 4 is 28.5 Å². The zero-order valence-electron chi connectivity index (χ0n) is 17.0. The van der Waals surface area contributed by atoms with Gasteiger partial charge >= 0.3 is 5.97 Å². The van der Waals surface area contributed by atoms with Crippen LogP contribution in [0.2, 0.25) is 5.02 Å². The van der Waals surface area contributed by atoms with Gasteiger partial charge in [-0.3, -0.25) is 0 Å². The van der Waals surface area contributed by atoms with Crippen molar-refractivity contribution in [1.82, 2.24) is 9.88 Å². The summed E-state index contributed by atoms with van der Waals surface area (Å²) in [6.07, 6.45) is 3.18. The van der Waals surface area contributed by atoms with E-state index < -0.39 is 6.10 Å². The van der Waals surface area contributed by atoms with Gasteiger partial charge in [0.2, 0.25) is 0 Å². The normalized spacial score (nSPS) is 15.7. The highest BCUT2D eigenvalue weighted by Crippen LogP contribution is 2.29. The Bertz CT molecular complexity index is 1020. The lowest BCUT2D eigenvalue weighted by Crippen LogP contribution is -2.21. The molecule has 0 amide bonds. The lowest BCUT2D eigenvalue weighted by molar-refractivity contribution is 0.0340. The number of esters is 1. The summed E-state index contributed by atoms with van der Waals surface area (Å²) in [5, 5.41) is 1.53.